The van der Waals surface area contributed by atoms with E-state index in [4.69, 9.17) is 0 Å². The largest absolute Gasteiger partial charge is 0.292 e. The molecule has 0 atom stereocenters. The third-order valence-electron chi connectivity index (χ3n) is 3.26. The number of rotatable bonds is 7. The summed E-state index contributed by atoms with van der Waals surface area (Å²) in [6.07, 6.45) is 8.56. The molecule has 0 aromatic carbocycles. The van der Waals surface area contributed by atoms with Gasteiger partial charge in [-0.3, -0.25) is 9.59 Å². The van der Waals surface area contributed by atoms with E-state index < -0.39 is 0 Å². The van der Waals surface area contributed by atoms with Crippen molar-refractivity contribution in [3.63, 3.8) is 0 Å². The van der Waals surface area contributed by atoms with Crippen molar-refractivity contribution >= 4 is 46.9 Å². The van der Waals surface area contributed by atoms with Crippen LogP contribution in [0.15, 0.2) is 8.80 Å². The maximum absolute atomic E-state index is 11.2. The molecule has 0 saturated carbocycles. The number of nitrogens with zero attached hydrogens (tertiary/aromatic N) is 2. The highest BCUT2D eigenvalue weighted by molar-refractivity contribution is 7.99. The predicted octanol–water partition coefficient (Wildman–Crippen LogP) is 4.09. The lowest BCUT2D eigenvalue weighted by Gasteiger charge is -1.99. The third-order valence-corrected chi connectivity index (χ3v) is 4.80. The molecular formula is C15H24N2O2S2. The maximum atomic E-state index is 11.2. The fourth-order valence-electron chi connectivity index (χ4n) is 1.90. The van der Waals surface area contributed by atoms with E-state index in [1.807, 2.05) is 0 Å². The molecule has 4 nitrogen and oxygen atoms in total. The van der Waals surface area contributed by atoms with Crippen molar-refractivity contribution in [3.05, 3.63) is 0 Å². The summed E-state index contributed by atoms with van der Waals surface area (Å²) in [5, 5.41) is 0. The van der Waals surface area contributed by atoms with Crippen molar-refractivity contribution in [2.75, 3.05) is 11.5 Å². The summed E-state index contributed by atoms with van der Waals surface area (Å²) in [5.74, 6) is 1.55. The first kappa shape index (κ1) is 18.4. The fraction of sp³-hybridized carbons (Fsp3) is 0.733. The van der Waals surface area contributed by atoms with Gasteiger partial charge in [0, 0.05) is 0 Å². The monoisotopic (exact) mass is 328 g/mol. The number of carbonyl (C=O) groups excluding carboxylic acids is 2. The number of hydrogen-bond acceptors (Lipinski definition) is 6. The summed E-state index contributed by atoms with van der Waals surface area (Å²) in [6, 6.07) is 0. The van der Waals surface area contributed by atoms with E-state index in [2.05, 4.69) is 15.7 Å². The molecule has 0 aliphatic carbocycles. The molecule has 0 unspecified atom stereocenters. The standard InChI is InChI=1S/C11H19NOS.C4H5NOS/c1-2-3-4-5-6-7-8-10-11(13)9-14-12-10;1-3-4(6)2-7-5-3/h2-9H2,1H3;2H2,1H3. The molecule has 118 valence electrons. The number of carbonyl (C=O) groups is 2. The van der Waals surface area contributed by atoms with Gasteiger partial charge in [0.1, 0.15) is 0 Å². The van der Waals surface area contributed by atoms with E-state index >= 15 is 0 Å². The summed E-state index contributed by atoms with van der Waals surface area (Å²) in [5.41, 5.74) is 1.48. The summed E-state index contributed by atoms with van der Waals surface area (Å²) < 4.78 is 7.94. The lowest BCUT2D eigenvalue weighted by molar-refractivity contribution is -0.111. The Kier molecular flexibility index (Phi) is 9.67. The van der Waals surface area contributed by atoms with Crippen LogP contribution in [0, 0.1) is 0 Å². The molecule has 0 amide bonds. The Morgan fingerprint density at radius 3 is 2.00 bits per heavy atom. The Hall–Kier alpha value is -0.620. The van der Waals surface area contributed by atoms with E-state index in [0.29, 0.717) is 17.2 Å². The van der Waals surface area contributed by atoms with Crippen molar-refractivity contribution in [2.45, 2.75) is 58.8 Å². The minimum Gasteiger partial charge on any atom is -0.292 e. The van der Waals surface area contributed by atoms with Gasteiger partial charge in [-0.05, 0) is 43.7 Å². The molecule has 0 aromatic rings. The Morgan fingerprint density at radius 1 is 0.905 bits per heavy atom. The average molecular weight is 329 g/mol. The number of hydrogen-bond donors (Lipinski definition) is 0. The van der Waals surface area contributed by atoms with Gasteiger partial charge in [0.05, 0.1) is 22.9 Å². The zero-order valence-electron chi connectivity index (χ0n) is 12.9. The second-order valence-corrected chi connectivity index (χ2v) is 6.58. The lowest BCUT2D eigenvalue weighted by Crippen LogP contribution is -2.10. The Labute approximate surface area is 135 Å². The first-order chi connectivity index (χ1) is 10.1. The molecule has 21 heavy (non-hydrogen) atoms. The van der Waals surface area contributed by atoms with Gasteiger partial charge >= 0.3 is 0 Å². The van der Waals surface area contributed by atoms with E-state index in [1.165, 1.54) is 56.0 Å². The molecule has 0 aromatic heterocycles. The summed E-state index contributed by atoms with van der Waals surface area (Å²) in [6.45, 7) is 3.96. The Bertz CT molecular complexity index is 420. The zero-order valence-corrected chi connectivity index (χ0v) is 14.5. The van der Waals surface area contributed by atoms with Crippen LogP contribution in [-0.2, 0) is 9.59 Å². The van der Waals surface area contributed by atoms with Gasteiger partial charge in [0.2, 0.25) is 0 Å². The molecule has 0 radical (unpaired) electrons. The quantitative estimate of drug-likeness (QED) is 0.522. The normalized spacial score (nSPS) is 17.4. The number of Topliss-reactive ketones (excluding diaryl/α,β-unsaturated/α-hetero) is 2. The molecule has 0 saturated heterocycles. The van der Waals surface area contributed by atoms with Crippen LogP contribution in [0.1, 0.15) is 58.8 Å². The average Bonchev–Trinajstić information content (AvgIpc) is 3.04. The molecule has 2 aliphatic rings. The van der Waals surface area contributed by atoms with Crippen LogP contribution in [0.4, 0.5) is 0 Å². The van der Waals surface area contributed by atoms with E-state index in [1.54, 1.807) is 6.92 Å². The van der Waals surface area contributed by atoms with Crippen LogP contribution in [0.25, 0.3) is 0 Å². The second kappa shape index (κ2) is 11.0. The maximum Gasteiger partial charge on any atom is 0.189 e. The van der Waals surface area contributed by atoms with Gasteiger partial charge in [-0.2, -0.15) is 0 Å². The van der Waals surface area contributed by atoms with Gasteiger partial charge in [0.25, 0.3) is 0 Å². The molecule has 0 spiro atoms. The van der Waals surface area contributed by atoms with E-state index in [0.717, 1.165) is 18.6 Å². The Morgan fingerprint density at radius 2 is 1.52 bits per heavy atom. The summed E-state index contributed by atoms with van der Waals surface area (Å²) in [7, 11) is 0. The van der Waals surface area contributed by atoms with Crippen molar-refractivity contribution < 1.29 is 9.59 Å². The SMILES string of the molecule is CC1=NSCC1=O.CCCCCCCCC1=NSCC1=O. The highest BCUT2D eigenvalue weighted by Gasteiger charge is 2.16. The third kappa shape index (κ3) is 7.81. The second-order valence-electron chi connectivity index (χ2n) is 5.13. The van der Waals surface area contributed by atoms with Crippen LogP contribution in [0.5, 0.6) is 0 Å². The van der Waals surface area contributed by atoms with Crippen LogP contribution < -0.4 is 0 Å². The van der Waals surface area contributed by atoms with Gasteiger partial charge in [-0.1, -0.05) is 39.0 Å². The van der Waals surface area contributed by atoms with Gasteiger partial charge in [-0.15, -0.1) is 0 Å². The van der Waals surface area contributed by atoms with E-state index in [-0.39, 0.29) is 11.6 Å². The molecule has 6 heteroatoms. The predicted molar refractivity (Wildman–Crippen MR) is 93.5 cm³/mol. The van der Waals surface area contributed by atoms with Crippen molar-refractivity contribution in [1.82, 2.24) is 0 Å². The topological polar surface area (TPSA) is 58.9 Å². The van der Waals surface area contributed by atoms with Crippen LogP contribution in [-0.4, -0.2) is 34.5 Å². The highest BCUT2D eigenvalue weighted by atomic mass is 32.2. The molecule has 0 fully saturated rings. The summed E-state index contributed by atoms with van der Waals surface area (Å²) >= 11 is 2.73. The molecular weight excluding hydrogens is 304 g/mol. The van der Waals surface area contributed by atoms with Crippen molar-refractivity contribution in [3.8, 4) is 0 Å². The first-order valence-electron chi connectivity index (χ1n) is 7.57. The van der Waals surface area contributed by atoms with Crippen LogP contribution in [0.2, 0.25) is 0 Å². The minimum atomic E-state index is 0.171. The molecule has 2 heterocycles. The molecule has 2 rings (SSSR count). The highest BCUT2D eigenvalue weighted by Crippen LogP contribution is 2.16. The molecule has 0 bridgehead atoms. The van der Waals surface area contributed by atoms with Crippen LogP contribution >= 0.6 is 23.9 Å². The first-order valence-corrected chi connectivity index (χ1v) is 9.45. The molecule has 2 aliphatic heterocycles. The summed E-state index contributed by atoms with van der Waals surface area (Å²) in [4.78, 5) is 21.6. The van der Waals surface area contributed by atoms with Gasteiger partial charge in [-0.25, -0.2) is 8.80 Å². The van der Waals surface area contributed by atoms with Gasteiger partial charge in [0.15, 0.2) is 11.6 Å². The Balaban J connectivity index is 0.000000262. The zero-order chi connectivity index (χ0) is 15.5. The van der Waals surface area contributed by atoms with E-state index in [9.17, 15) is 9.59 Å². The van der Waals surface area contributed by atoms with Crippen LogP contribution in [0.3, 0.4) is 0 Å². The minimum absolute atomic E-state index is 0.171. The van der Waals surface area contributed by atoms with Gasteiger partial charge < -0.3 is 0 Å². The molecule has 0 N–H and O–H groups in total. The van der Waals surface area contributed by atoms with Crippen molar-refractivity contribution in [2.24, 2.45) is 8.80 Å². The smallest absolute Gasteiger partial charge is 0.189 e. The van der Waals surface area contributed by atoms with Crippen molar-refractivity contribution in [1.29, 1.82) is 0 Å². The number of unbranched alkanes of at least 4 members (excludes halogenated alkanes) is 5. The lowest BCUT2D eigenvalue weighted by atomic mass is 10.1. The number of ketones is 2. The fourth-order valence-corrected chi connectivity index (χ4v) is 3.29.